The largest absolute Gasteiger partial charge is 0.497 e. The van der Waals surface area contributed by atoms with Crippen LogP contribution in [0.5, 0.6) is 5.75 Å². The van der Waals surface area contributed by atoms with Crippen LogP contribution in [0, 0.1) is 0 Å². The molecule has 0 spiro atoms. The van der Waals surface area contributed by atoms with E-state index in [4.69, 9.17) is 9.47 Å². The second-order valence-electron chi connectivity index (χ2n) is 6.60. The number of ether oxygens (including phenoxy) is 2. The Kier molecular flexibility index (Phi) is 6.47. The lowest BCUT2D eigenvalue weighted by Gasteiger charge is -2.26. The van der Waals surface area contributed by atoms with Crippen LogP contribution in [0.4, 0.5) is 0 Å². The van der Waals surface area contributed by atoms with Crippen LogP contribution in [0.15, 0.2) is 29.2 Å². The van der Waals surface area contributed by atoms with Crippen LogP contribution in [0.3, 0.4) is 0 Å². The van der Waals surface area contributed by atoms with E-state index >= 15 is 0 Å². The number of carbonyl (C=O) groups is 1. The first-order valence-electron chi connectivity index (χ1n) is 9.43. The maximum absolute atomic E-state index is 12.8. The summed E-state index contributed by atoms with van der Waals surface area (Å²) in [5.41, 5.74) is 0.704. The molecule has 1 saturated heterocycles. The summed E-state index contributed by atoms with van der Waals surface area (Å²) in [7, 11) is 1.56. The maximum Gasteiger partial charge on any atom is 0.256 e. The number of rotatable bonds is 7. The molecule has 2 heterocycles. The SMILES string of the molecule is CCn1cc(C(=O)NCCCN2CCOCC2)c(=O)c2cc(OC)ccc21. The predicted molar refractivity (Wildman–Crippen MR) is 105 cm³/mol. The molecule has 27 heavy (non-hydrogen) atoms. The number of carbonyl (C=O) groups excluding carboxylic acids is 1. The van der Waals surface area contributed by atoms with E-state index in [0.29, 0.717) is 24.2 Å². The highest BCUT2D eigenvalue weighted by atomic mass is 16.5. The van der Waals surface area contributed by atoms with E-state index in [9.17, 15) is 9.59 Å². The fourth-order valence-corrected chi connectivity index (χ4v) is 3.35. The monoisotopic (exact) mass is 373 g/mol. The molecule has 1 amide bonds. The summed E-state index contributed by atoms with van der Waals surface area (Å²) in [6.45, 7) is 7.50. The molecule has 2 aromatic rings. The van der Waals surface area contributed by atoms with Crippen molar-refractivity contribution in [2.45, 2.75) is 19.9 Å². The van der Waals surface area contributed by atoms with Crippen LogP contribution in [0.25, 0.3) is 10.9 Å². The number of morpholine rings is 1. The lowest BCUT2D eigenvalue weighted by Crippen LogP contribution is -2.38. The van der Waals surface area contributed by atoms with E-state index in [-0.39, 0.29) is 16.9 Å². The van der Waals surface area contributed by atoms with Gasteiger partial charge in [0.1, 0.15) is 11.3 Å². The van der Waals surface area contributed by atoms with E-state index in [0.717, 1.165) is 44.8 Å². The highest BCUT2D eigenvalue weighted by molar-refractivity contribution is 5.97. The van der Waals surface area contributed by atoms with Gasteiger partial charge in [-0.1, -0.05) is 0 Å². The lowest BCUT2D eigenvalue weighted by molar-refractivity contribution is 0.0374. The Bertz CT molecular complexity index is 856. The van der Waals surface area contributed by atoms with Crippen molar-refractivity contribution in [3.63, 3.8) is 0 Å². The highest BCUT2D eigenvalue weighted by Crippen LogP contribution is 2.19. The zero-order chi connectivity index (χ0) is 19.2. The number of aryl methyl sites for hydroxylation is 1. The van der Waals surface area contributed by atoms with Crippen molar-refractivity contribution in [3.05, 3.63) is 40.2 Å². The van der Waals surface area contributed by atoms with Gasteiger partial charge in [0.05, 0.1) is 31.2 Å². The van der Waals surface area contributed by atoms with Crippen molar-refractivity contribution in [2.24, 2.45) is 0 Å². The molecule has 7 nitrogen and oxygen atoms in total. The number of hydrogen-bond acceptors (Lipinski definition) is 5. The second-order valence-corrected chi connectivity index (χ2v) is 6.60. The first kappa shape index (κ1) is 19.4. The van der Waals surface area contributed by atoms with Gasteiger partial charge in [0.2, 0.25) is 5.43 Å². The summed E-state index contributed by atoms with van der Waals surface area (Å²) in [4.78, 5) is 27.7. The molecule has 0 saturated carbocycles. The number of benzene rings is 1. The van der Waals surface area contributed by atoms with Crippen molar-refractivity contribution in [3.8, 4) is 5.75 Å². The van der Waals surface area contributed by atoms with E-state index in [2.05, 4.69) is 10.2 Å². The zero-order valence-electron chi connectivity index (χ0n) is 16.0. The molecular weight excluding hydrogens is 346 g/mol. The fourth-order valence-electron chi connectivity index (χ4n) is 3.35. The maximum atomic E-state index is 12.8. The van der Waals surface area contributed by atoms with E-state index in [1.54, 1.807) is 19.4 Å². The van der Waals surface area contributed by atoms with Gasteiger partial charge in [0, 0.05) is 32.4 Å². The summed E-state index contributed by atoms with van der Waals surface area (Å²) in [5.74, 6) is 0.277. The van der Waals surface area contributed by atoms with Crippen LogP contribution in [-0.4, -0.2) is 61.9 Å². The van der Waals surface area contributed by atoms with Crippen molar-refractivity contribution >= 4 is 16.8 Å². The molecule has 0 atom stereocenters. The van der Waals surface area contributed by atoms with Gasteiger partial charge in [-0.2, -0.15) is 0 Å². The third-order valence-corrected chi connectivity index (χ3v) is 4.91. The van der Waals surface area contributed by atoms with E-state index < -0.39 is 0 Å². The van der Waals surface area contributed by atoms with Gasteiger partial charge in [-0.05, 0) is 38.1 Å². The van der Waals surface area contributed by atoms with Crippen molar-refractivity contribution in [1.82, 2.24) is 14.8 Å². The number of nitrogens with one attached hydrogen (secondary N) is 1. The molecule has 0 bridgehead atoms. The number of aromatic nitrogens is 1. The van der Waals surface area contributed by atoms with Gasteiger partial charge < -0.3 is 19.4 Å². The molecule has 1 N–H and O–H groups in total. The number of methoxy groups -OCH3 is 1. The Morgan fingerprint density at radius 1 is 1.30 bits per heavy atom. The first-order chi connectivity index (χ1) is 13.1. The Labute approximate surface area is 158 Å². The molecular formula is C20H27N3O4. The molecule has 146 valence electrons. The zero-order valence-corrected chi connectivity index (χ0v) is 16.0. The number of pyridine rings is 1. The Balaban J connectivity index is 1.71. The molecule has 0 aliphatic carbocycles. The minimum Gasteiger partial charge on any atom is -0.497 e. The van der Waals surface area contributed by atoms with Crippen LogP contribution in [0.2, 0.25) is 0 Å². The van der Waals surface area contributed by atoms with E-state index in [1.165, 1.54) is 0 Å². The molecule has 1 aliphatic heterocycles. The quantitative estimate of drug-likeness (QED) is 0.745. The van der Waals surface area contributed by atoms with Crippen molar-refractivity contribution < 1.29 is 14.3 Å². The van der Waals surface area contributed by atoms with Crippen LogP contribution in [-0.2, 0) is 11.3 Å². The summed E-state index contributed by atoms with van der Waals surface area (Å²) >= 11 is 0. The molecule has 1 aromatic carbocycles. The average Bonchev–Trinajstić information content (AvgIpc) is 2.72. The topological polar surface area (TPSA) is 72.8 Å². The Hall–Kier alpha value is -2.38. The summed E-state index contributed by atoms with van der Waals surface area (Å²) in [5, 5.41) is 3.38. The summed E-state index contributed by atoms with van der Waals surface area (Å²) in [6.07, 6.45) is 2.49. The standard InChI is InChI=1S/C20H27N3O4/c1-3-23-14-17(19(24)16-13-15(26-2)5-6-18(16)23)20(25)21-7-4-8-22-9-11-27-12-10-22/h5-6,13-14H,3-4,7-12H2,1-2H3,(H,21,25). The van der Waals surface area contributed by atoms with Crippen LogP contribution >= 0.6 is 0 Å². The molecule has 3 rings (SSSR count). The lowest BCUT2D eigenvalue weighted by atomic mass is 10.1. The minimum absolute atomic E-state index is 0.170. The second kappa shape index (κ2) is 9.01. The molecule has 1 aliphatic rings. The van der Waals surface area contributed by atoms with Gasteiger partial charge in [-0.3, -0.25) is 14.5 Å². The van der Waals surface area contributed by atoms with Crippen LogP contribution in [0.1, 0.15) is 23.7 Å². The van der Waals surface area contributed by atoms with Gasteiger partial charge in [0.25, 0.3) is 5.91 Å². The number of fused-ring (bicyclic) bond motifs is 1. The molecule has 1 fully saturated rings. The average molecular weight is 373 g/mol. The fraction of sp³-hybridized carbons (Fsp3) is 0.500. The predicted octanol–water partition coefficient (Wildman–Crippen LogP) is 1.48. The minimum atomic E-state index is -0.325. The Morgan fingerprint density at radius 3 is 2.78 bits per heavy atom. The molecule has 1 aromatic heterocycles. The molecule has 0 radical (unpaired) electrons. The third kappa shape index (κ3) is 4.48. The smallest absolute Gasteiger partial charge is 0.256 e. The van der Waals surface area contributed by atoms with Crippen molar-refractivity contribution in [2.75, 3.05) is 46.5 Å². The number of hydrogen-bond donors (Lipinski definition) is 1. The van der Waals surface area contributed by atoms with E-state index in [1.807, 2.05) is 23.6 Å². The number of amides is 1. The Morgan fingerprint density at radius 2 is 2.07 bits per heavy atom. The molecule has 0 unspecified atom stereocenters. The number of nitrogens with zero attached hydrogens (tertiary/aromatic N) is 2. The van der Waals surface area contributed by atoms with Gasteiger partial charge >= 0.3 is 0 Å². The van der Waals surface area contributed by atoms with Crippen molar-refractivity contribution in [1.29, 1.82) is 0 Å². The summed E-state index contributed by atoms with van der Waals surface area (Å²) in [6, 6.07) is 5.36. The normalized spacial score (nSPS) is 15.0. The highest BCUT2D eigenvalue weighted by Gasteiger charge is 2.16. The first-order valence-corrected chi connectivity index (χ1v) is 9.43. The molecule has 7 heteroatoms. The van der Waals surface area contributed by atoms with Gasteiger partial charge in [0.15, 0.2) is 0 Å². The van der Waals surface area contributed by atoms with Gasteiger partial charge in [-0.15, -0.1) is 0 Å². The third-order valence-electron chi connectivity index (χ3n) is 4.91. The summed E-state index contributed by atoms with van der Waals surface area (Å²) < 4.78 is 12.5. The van der Waals surface area contributed by atoms with Gasteiger partial charge in [-0.25, -0.2) is 0 Å². The van der Waals surface area contributed by atoms with Crippen LogP contribution < -0.4 is 15.5 Å².